The quantitative estimate of drug-likeness (QED) is 0.721. The van der Waals surface area contributed by atoms with Gasteiger partial charge < -0.3 is 14.6 Å². The molecule has 1 amide bonds. The number of carbonyl (C=O) groups excluding carboxylic acids is 1. The molecule has 2 aromatic carbocycles. The maximum atomic E-state index is 12.2. The molecule has 0 saturated carbocycles. The summed E-state index contributed by atoms with van der Waals surface area (Å²) in [7, 11) is 1.52. The van der Waals surface area contributed by atoms with E-state index >= 15 is 0 Å². The van der Waals surface area contributed by atoms with Crippen molar-refractivity contribution in [1.82, 2.24) is 14.9 Å². The Morgan fingerprint density at radius 3 is 2.60 bits per heavy atom. The molecule has 5 nitrogen and oxygen atoms in total. The van der Waals surface area contributed by atoms with Crippen molar-refractivity contribution in [2.45, 2.75) is 25.9 Å². The number of hydrogen-bond donors (Lipinski definition) is 1. The third kappa shape index (κ3) is 3.88. The van der Waals surface area contributed by atoms with Gasteiger partial charge in [0.2, 0.25) is 5.91 Å². The summed E-state index contributed by atoms with van der Waals surface area (Å²) in [4.78, 5) is 17.0. The van der Waals surface area contributed by atoms with Crippen LogP contribution in [0.1, 0.15) is 24.4 Å². The Morgan fingerprint density at radius 1 is 1.16 bits per heavy atom. The molecule has 0 radical (unpaired) electrons. The lowest BCUT2D eigenvalue weighted by Gasteiger charge is -2.20. The Labute approximate surface area is 147 Å². The molecule has 1 aromatic heterocycles. The molecule has 130 valence electrons. The van der Waals surface area contributed by atoms with Gasteiger partial charge in [-0.15, -0.1) is 0 Å². The number of carbonyl (C=O) groups is 1. The van der Waals surface area contributed by atoms with Gasteiger partial charge in [0, 0.05) is 13.7 Å². The molecule has 0 fully saturated rings. The minimum atomic E-state index is -0.211. The number of aryl methyl sites for hydroxylation is 1. The zero-order valence-corrected chi connectivity index (χ0v) is 14.6. The molecule has 25 heavy (non-hydrogen) atoms. The minimum Gasteiger partial charge on any atom is -0.375 e. The number of fused-ring (bicyclic) bond motifs is 1. The van der Waals surface area contributed by atoms with Crippen LogP contribution in [0.3, 0.4) is 0 Å². The number of imidazole rings is 1. The molecule has 5 heteroatoms. The molecule has 1 atom stereocenters. The van der Waals surface area contributed by atoms with Crippen molar-refractivity contribution in [2.75, 3.05) is 13.7 Å². The first-order valence-electron chi connectivity index (χ1n) is 8.50. The minimum absolute atomic E-state index is 0.0393. The highest BCUT2D eigenvalue weighted by molar-refractivity contribution is 5.79. The van der Waals surface area contributed by atoms with Crippen molar-refractivity contribution in [3.8, 4) is 0 Å². The number of aromatic nitrogens is 2. The van der Waals surface area contributed by atoms with Crippen LogP contribution in [0.25, 0.3) is 11.0 Å². The average Bonchev–Trinajstić information content (AvgIpc) is 3.01. The van der Waals surface area contributed by atoms with Crippen molar-refractivity contribution >= 4 is 16.9 Å². The van der Waals surface area contributed by atoms with Gasteiger partial charge in [0.05, 0.1) is 17.1 Å². The van der Waals surface area contributed by atoms with E-state index in [1.165, 1.54) is 7.11 Å². The van der Waals surface area contributed by atoms with Gasteiger partial charge in [-0.3, -0.25) is 4.79 Å². The molecule has 1 heterocycles. The summed E-state index contributed by atoms with van der Waals surface area (Å²) in [5.41, 5.74) is 3.18. The van der Waals surface area contributed by atoms with Gasteiger partial charge >= 0.3 is 0 Å². The number of nitrogens with zero attached hydrogens (tertiary/aromatic N) is 2. The van der Waals surface area contributed by atoms with E-state index in [0.717, 1.165) is 29.0 Å². The lowest BCUT2D eigenvalue weighted by molar-refractivity contribution is -0.125. The van der Waals surface area contributed by atoms with E-state index < -0.39 is 0 Å². The number of nitrogens with one attached hydrogen (secondary N) is 1. The number of para-hydroxylation sites is 2. The number of hydrogen-bond acceptors (Lipinski definition) is 3. The first-order valence-corrected chi connectivity index (χ1v) is 8.50. The third-order valence-corrected chi connectivity index (χ3v) is 4.21. The van der Waals surface area contributed by atoms with Crippen LogP contribution in [0.15, 0.2) is 54.6 Å². The van der Waals surface area contributed by atoms with E-state index in [2.05, 4.69) is 35.0 Å². The average molecular weight is 337 g/mol. The maximum Gasteiger partial charge on any atom is 0.246 e. The SMILES string of the molecule is CCn1c([C@@H](Cc2ccccc2)NC(=O)COC)nc2ccccc21. The fourth-order valence-corrected chi connectivity index (χ4v) is 3.12. The maximum absolute atomic E-state index is 12.2. The molecule has 0 aliphatic carbocycles. The molecule has 1 N–H and O–H groups in total. The van der Waals surface area contributed by atoms with E-state index in [1.54, 1.807) is 0 Å². The number of ether oxygens (including phenoxy) is 1. The monoisotopic (exact) mass is 337 g/mol. The van der Waals surface area contributed by atoms with Crippen LogP contribution in [0.4, 0.5) is 0 Å². The summed E-state index contributed by atoms with van der Waals surface area (Å²) in [5, 5.41) is 3.07. The summed E-state index contributed by atoms with van der Waals surface area (Å²) in [6.45, 7) is 2.92. The van der Waals surface area contributed by atoms with E-state index in [9.17, 15) is 4.79 Å². The molecular weight excluding hydrogens is 314 g/mol. The van der Waals surface area contributed by atoms with Gasteiger partial charge in [0.1, 0.15) is 12.4 Å². The number of methoxy groups -OCH3 is 1. The highest BCUT2D eigenvalue weighted by Gasteiger charge is 2.22. The first-order chi connectivity index (χ1) is 12.2. The fourth-order valence-electron chi connectivity index (χ4n) is 3.12. The zero-order chi connectivity index (χ0) is 17.6. The van der Waals surface area contributed by atoms with Crippen LogP contribution in [-0.4, -0.2) is 29.2 Å². The van der Waals surface area contributed by atoms with E-state index in [4.69, 9.17) is 9.72 Å². The summed E-state index contributed by atoms with van der Waals surface area (Å²) >= 11 is 0. The van der Waals surface area contributed by atoms with Crippen LogP contribution >= 0.6 is 0 Å². The largest absolute Gasteiger partial charge is 0.375 e. The Balaban J connectivity index is 1.99. The van der Waals surface area contributed by atoms with Gasteiger partial charge in [0.25, 0.3) is 0 Å². The highest BCUT2D eigenvalue weighted by Crippen LogP contribution is 2.23. The van der Waals surface area contributed by atoms with Crippen LogP contribution in [0, 0.1) is 0 Å². The molecule has 0 spiro atoms. The molecule has 0 aliphatic heterocycles. The van der Waals surface area contributed by atoms with Gasteiger partial charge in [-0.1, -0.05) is 42.5 Å². The topological polar surface area (TPSA) is 56.2 Å². The summed E-state index contributed by atoms with van der Waals surface area (Å²) in [6, 6.07) is 18.0. The van der Waals surface area contributed by atoms with E-state index in [0.29, 0.717) is 6.42 Å². The van der Waals surface area contributed by atoms with Crippen LogP contribution in [0.2, 0.25) is 0 Å². The first kappa shape index (κ1) is 17.2. The van der Waals surface area contributed by atoms with Crippen molar-refractivity contribution in [1.29, 1.82) is 0 Å². The predicted octanol–water partition coefficient (Wildman–Crippen LogP) is 3.10. The van der Waals surface area contributed by atoms with Gasteiger partial charge in [0.15, 0.2) is 0 Å². The molecule has 3 aromatic rings. The van der Waals surface area contributed by atoms with Crippen LogP contribution < -0.4 is 5.32 Å². The number of rotatable bonds is 7. The Hall–Kier alpha value is -2.66. The van der Waals surface area contributed by atoms with Gasteiger partial charge in [-0.05, 0) is 31.0 Å². The summed E-state index contributed by atoms with van der Waals surface area (Å²) in [6.07, 6.45) is 0.680. The predicted molar refractivity (Wildman–Crippen MR) is 98.3 cm³/mol. The third-order valence-electron chi connectivity index (χ3n) is 4.21. The van der Waals surface area contributed by atoms with Crippen molar-refractivity contribution in [3.05, 3.63) is 66.0 Å². The van der Waals surface area contributed by atoms with Gasteiger partial charge in [-0.25, -0.2) is 4.98 Å². The molecule has 0 bridgehead atoms. The second-order valence-electron chi connectivity index (χ2n) is 5.95. The van der Waals surface area contributed by atoms with E-state index in [-0.39, 0.29) is 18.6 Å². The molecule has 3 rings (SSSR count). The van der Waals surface area contributed by atoms with Crippen LogP contribution in [-0.2, 0) is 22.5 Å². The normalized spacial score (nSPS) is 12.2. The van der Waals surface area contributed by atoms with Gasteiger partial charge in [-0.2, -0.15) is 0 Å². The van der Waals surface area contributed by atoms with Crippen molar-refractivity contribution < 1.29 is 9.53 Å². The molecule has 0 saturated heterocycles. The van der Waals surface area contributed by atoms with Crippen molar-refractivity contribution in [3.63, 3.8) is 0 Å². The highest BCUT2D eigenvalue weighted by atomic mass is 16.5. The second kappa shape index (κ2) is 7.94. The fraction of sp³-hybridized carbons (Fsp3) is 0.300. The second-order valence-corrected chi connectivity index (χ2v) is 5.95. The Kier molecular flexibility index (Phi) is 5.46. The lowest BCUT2D eigenvalue weighted by Crippen LogP contribution is -2.34. The Bertz CT molecular complexity index is 843. The number of amides is 1. The van der Waals surface area contributed by atoms with Crippen LogP contribution in [0.5, 0.6) is 0 Å². The standard InChI is InChI=1S/C20H23N3O2/c1-3-23-18-12-8-7-11-16(18)22-20(23)17(21-19(24)14-25-2)13-15-9-5-4-6-10-15/h4-12,17H,3,13-14H2,1-2H3,(H,21,24)/t17-/m1/s1. The van der Waals surface area contributed by atoms with E-state index in [1.807, 2.05) is 36.4 Å². The smallest absolute Gasteiger partial charge is 0.246 e. The lowest BCUT2D eigenvalue weighted by atomic mass is 10.1. The molecule has 0 aliphatic rings. The van der Waals surface area contributed by atoms with Crippen molar-refractivity contribution in [2.24, 2.45) is 0 Å². The Morgan fingerprint density at radius 2 is 1.88 bits per heavy atom. The molecular formula is C20H23N3O2. The number of benzene rings is 2. The zero-order valence-electron chi connectivity index (χ0n) is 14.6. The summed E-state index contributed by atoms with van der Waals surface area (Å²) in [5.74, 6) is 0.732. The summed E-state index contributed by atoms with van der Waals surface area (Å²) < 4.78 is 7.13. The molecule has 0 unspecified atom stereocenters.